The topological polar surface area (TPSA) is 57.6 Å². The van der Waals surface area contributed by atoms with Gasteiger partial charge in [-0.25, -0.2) is 0 Å². The number of hydrogen-bond donors (Lipinski definition) is 1. The third-order valence-electron chi connectivity index (χ3n) is 3.70. The van der Waals surface area contributed by atoms with Crippen LogP contribution >= 0.6 is 22.6 Å². The third kappa shape index (κ3) is 2.75. The predicted octanol–water partition coefficient (Wildman–Crippen LogP) is 2.54. The van der Waals surface area contributed by atoms with E-state index in [0.717, 1.165) is 9.13 Å². The van der Waals surface area contributed by atoms with Crippen LogP contribution in [0.25, 0.3) is 0 Å². The number of likely N-dealkylation sites (tertiary alicyclic amines) is 1. The Balaban J connectivity index is 2.18. The van der Waals surface area contributed by atoms with E-state index in [-0.39, 0.29) is 12.5 Å². The van der Waals surface area contributed by atoms with Crippen LogP contribution in [-0.4, -0.2) is 35.0 Å². The highest BCUT2D eigenvalue weighted by atomic mass is 127. The summed E-state index contributed by atoms with van der Waals surface area (Å²) in [5, 5.41) is 9.18. The van der Waals surface area contributed by atoms with Crippen molar-refractivity contribution in [2.45, 2.75) is 20.3 Å². The second-order valence-electron chi connectivity index (χ2n) is 5.31. The first-order valence-electron chi connectivity index (χ1n) is 6.12. The van der Waals surface area contributed by atoms with Gasteiger partial charge in [-0.1, -0.05) is 6.07 Å². The normalized spacial score (nSPS) is 22.6. The van der Waals surface area contributed by atoms with E-state index >= 15 is 0 Å². The molecular formula is C14H16INO3. The molecular weight excluding hydrogens is 357 g/mol. The molecule has 1 fully saturated rings. The van der Waals surface area contributed by atoms with E-state index in [1.807, 2.05) is 19.1 Å². The van der Waals surface area contributed by atoms with Gasteiger partial charge in [-0.3, -0.25) is 9.59 Å². The van der Waals surface area contributed by atoms with E-state index in [4.69, 9.17) is 0 Å². The molecule has 1 N–H and O–H groups in total. The Bertz CT molecular complexity index is 543. The molecule has 1 aromatic rings. The second kappa shape index (κ2) is 5.11. The Morgan fingerprint density at radius 1 is 1.42 bits per heavy atom. The van der Waals surface area contributed by atoms with Crippen molar-refractivity contribution >= 4 is 34.5 Å². The maximum atomic E-state index is 12.4. The number of carboxylic acids is 1. The first kappa shape index (κ1) is 14.3. The van der Waals surface area contributed by atoms with Crippen molar-refractivity contribution in [1.29, 1.82) is 0 Å². The fourth-order valence-electron chi connectivity index (χ4n) is 2.22. The van der Waals surface area contributed by atoms with Crippen LogP contribution in [0.3, 0.4) is 0 Å². The molecule has 5 heteroatoms. The van der Waals surface area contributed by atoms with Crippen LogP contribution in [0.4, 0.5) is 0 Å². The molecule has 1 atom stereocenters. The second-order valence-corrected chi connectivity index (χ2v) is 6.47. The molecule has 1 aliphatic heterocycles. The minimum Gasteiger partial charge on any atom is -0.481 e. The standard InChI is InChI=1S/C14H16INO3/c1-9-3-4-10(7-11(9)15)12(17)16-6-5-14(2,8-16)13(18)19/h3-4,7H,5-6,8H2,1-2H3,(H,18,19). The molecule has 1 aliphatic rings. The molecule has 0 radical (unpaired) electrons. The summed E-state index contributed by atoms with van der Waals surface area (Å²) < 4.78 is 1.05. The summed E-state index contributed by atoms with van der Waals surface area (Å²) in [6.07, 6.45) is 0.511. The number of carboxylic acid groups (broad SMARTS) is 1. The number of halogens is 1. The smallest absolute Gasteiger partial charge is 0.311 e. The lowest BCUT2D eigenvalue weighted by atomic mass is 9.90. The SMILES string of the molecule is Cc1ccc(C(=O)N2CCC(C)(C(=O)O)C2)cc1I. The first-order chi connectivity index (χ1) is 8.83. The Hall–Kier alpha value is -1.11. The summed E-state index contributed by atoms with van der Waals surface area (Å²) in [5.41, 5.74) is 0.951. The monoisotopic (exact) mass is 373 g/mol. The summed E-state index contributed by atoms with van der Waals surface area (Å²) in [6.45, 7) is 4.48. The molecule has 0 aliphatic carbocycles. The summed E-state index contributed by atoms with van der Waals surface area (Å²) >= 11 is 2.20. The van der Waals surface area contributed by atoms with E-state index in [1.54, 1.807) is 17.9 Å². The zero-order valence-electron chi connectivity index (χ0n) is 10.9. The number of carbonyl (C=O) groups is 2. The van der Waals surface area contributed by atoms with E-state index in [0.29, 0.717) is 18.5 Å². The zero-order valence-corrected chi connectivity index (χ0v) is 13.1. The van der Waals surface area contributed by atoms with Crippen molar-refractivity contribution in [3.8, 4) is 0 Å². The Morgan fingerprint density at radius 2 is 2.11 bits per heavy atom. The van der Waals surface area contributed by atoms with Gasteiger partial charge < -0.3 is 10.0 Å². The van der Waals surface area contributed by atoms with Gasteiger partial charge in [-0.05, 0) is 60.6 Å². The van der Waals surface area contributed by atoms with Crippen LogP contribution in [-0.2, 0) is 4.79 Å². The van der Waals surface area contributed by atoms with Gasteiger partial charge in [0, 0.05) is 22.2 Å². The maximum absolute atomic E-state index is 12.4. The number of rotatable bonds is 2. The number of amides is 1. The molecule has 2 rings (SSSR count). The van der Waals surface area contributed by atoms with Crippen molar-refractivity contribution in [1.82, 2.24) is 4.90 Å². The molecule has 1 saturated heterocycles. The fraction of sp³-hybridized carbons (Fsp3) is 0.429. The van der Waals surface area contributed by atoms with Crippen LogP contribution in [0.5, 0.6) is 0 Å². The van der Waals surface area contributed by atoms with E-state index in [2.05, 4.69) is 22.6 Å². The van der Waals surface area contributed by atoms with Gasteiger partial charge in [0.1, 0.15) is 0 Å². The van der Waals surface area contributed by atoms with E-state index in [1.165, 1.54) is 0 Å². The molecule has 4 nitrogen and oxygen atoms in total. The molecule has 19 heavy (non-hydrogen) atoms. The van der Waals surface area contributed by atoms with Crippen molar-refractivity contribution < 1.29 is 14.7 Å². The lowest BCUT2D eigenvalue weighted by Gasteiger charge is -2.20. The number of nitrogens with zero attached hydrogens (tertiary/aromatic N) is 1. The van der Waals surface area contributed by atoms with Crippen molar-refractivity contribution in [2.24, 2.45) is 5.41 Å². The van der Waals surface area contributed by atoms with Gasteiger partial charge in [0.15, 0.2) is 0 Å². The molecule has 0 bridgehead atoms. The van der Waals surface area contributed by atoms with Crippen LogP contribution < -0.4 is 0 Å². The molecule has 0 aromatic heterocycles. The highest BCUT2D eigenvalue weighted by Crippen LogP contribution is 2.31. The minimum atomic E-state index is -0.832. The summed E-state index contributed by atoms with van der Waals surface area (Å²) in [4.78, 5) is 25.2. The molecule has 0 saturated carbocycles. The van der Waals surface area contributed by atoms with Crippen molar-refractivity contribution in [2.75, 3.05) is 13.1 Å². The van der Waals surface area contributed by atoms with Gasteiger partial charge in [0.2, 0.25) is 0 Å². The van der Waals surface area contributed by atoms with Crippen LogP contribution in [0.2, 0.25) is 0 Å². The molecule has 1 amide bonds. The predicted molar refractivity (Wildman–Crippen MR) is 80.2 cm³/mol. The molecule has 0 spiro atoms. The number of aliphatic carboxylic acids is 1. The zero-order chi connectivity index (χ0) is 14.2. The van der Waals surface area contributed by atoms with Gasteiger partial charge in [0.25, 0.3) is 5.91 Å². The molecule has 1 aromatic carbocycles. The van der Waals surface area contributed by atoms with Crippen molar-refractivity contribution in [3.05, 3.63) is 32.9 Å². The minimum absolute atomic E-state index is 0.0807. The first-order valence-corrected chi connectivity index (χ1v) is 7.20. The Morgan fingerprint density at radius 3 is 2.63 bits per heavy atom. The average Bonchev–Trinajstić information content (AvgIpc) is 2.76. The lowest BCUT2D eigenvalue weighted by Crippen LogP contribution is -2.34. The molecule has 1 unspecified atom stereocenters. The Labute approximate surface area is 125 Å². The maximum Gasteiger partial charge on any atom is 0.311 e. The largest absolute Gasteiger partial charge is 0.481 e. The summed E-state index contributed by atoms with van der Waals surface area (Å²) in [6, 6.07) is 5.58. The third-order valence-corrected chi connectivity index (χ3v) is 4.86. The summed E-state index contributed by atoms with van der Waals surface area (Å²) in [7, 11) is 0. The highest BCUT2D eigenvalue weighted by molar-refractivity contribution is 14.1. The lowest BCUT2D eigenvalue weighted by molar-refractivity contribution is -0.147. The van der Waals surface area contributed by atoms with Crippen LogP contribution in [0, 0.1) is 15.9 Å². The quantitative estimate of drug-likeness (QED) is 0.811. The number of benzene rings is 1. The highest BCUT2D eigenvalue weighted by Gasteiger charge is 2.42. The van der Waals surface area contributed by atoms with Crippen molar-refractivity contribution in [3.63, 3.8) is 0 Å². The van der Waals surface area contributed by atoms with Gasteiger partial charge >= 0.3 is 5.97 Å². The van der Waals surface area contributed by atoms with Crippen LogP contribution in [0.15, 0.2) is 18.2 Å². The number of hydrogen-bond acceptors (Lipinski definition) is 2. The van der Waals surface area contributed by atoms with Crippen LogP contribution in [0.1, 0.15) is 29.3 Å². The molecule has 102 valence electrons. The van der Waals surface area contributed by atoms with E-state index in [9.17, 15) is 14.7 Å². The fourth-order valence-corrected chi connectivity index (χ4v) is 2.73. The number of aryl methyl sites for hydroxylation is 1. The summed E-state index contributed by atoms with van der Waals surface area (Å²) in [5.74, 6) is -0.913. The van der Waals surface area contributed by atoms with E-state index < -0.39 is 11.4 Å². The van der Waals surface area contributed by atoms with Gasteiger partial charge in [0.05, 0.1) is 5.41 Å². The van der Waals surface area contributed by atoms with Gasteiger partial charge in [-0.2, -0.15) is 0 Å². The number of carbonyl (C=O) groups excluding carboxylic acids is 1. The van der Waals surface area contributed by atoms with Gasteiger partial charge in [-0.15, -0.1) is 0 Å². The Kier molecular flexibility index (Phi) is 3.85. The average molecular weight is 373 g/mol. The molecule has 1 heterocycles.